The minimum absolute atomic E-state index is 0.0825. The van der Waals surface area contributed by atoms with Gasteiger partial charge in [-0.2, -0.15) is 4.31 Å². The topological polar surface area (TPSA) is 75.7 Å². The number of nitrogens with one attached hydrogen (secondary N) is 1. The zero-order chi connectivity index (χ0) is 20.3. The SMILES string of the molecule is COc1ccc(S(=O)(=O)N2CCC(C)CC2)cc1C(=O)Nc1cccc(Cl)c1. The molecule has 2 aromatic rings. The van der Waals surface area contributed by atoms with Crippen LogP contribution in [0.25, 0.3) is 0 Å². The molecule has 8 heteroatoms. The standard InChI is InChI=1S/C20H23ClN2O4S/c1-14-8-10-23(11-9-14)28(25,26)17-6-7-19(27-2)18(13-17)20(24)22-16-5-3-4-15(21)12-16/h3-7,12-14H,8-11H2,1-2H3,(H,22,24). The third-order valence-corrected chi connectivity index (χ3v) is 7.01. The van der Waals surface area contributed by atoms with E-state index >= 15 is 0 Å². The molecule has 6 nitrogen and oxygen atoms in total. The molecule has 2 aromatic carbocycles. The third kappa shape index (κ3) is 4.48. The number of methoxy groups -OCH3 is 1. The third-order valence-electron chi connectivity index (χ3n) is 4.88. The van der Waals surface area contributed by atoms with Gasteiger partial charge in [0.05, 0.1) is 17.6 Å². The van der Waals surface area contributed by atoms with Crippen LogP contribution < -0.4 is 10.1 Å². The zero-order valence-electron chi connectivity index (χ0n) is 15.8. The smallest absolute Gasteiger partial charge is 0.259 e. The predicted octanol–water partition coefficient (Wildman–Crippen LogP) is 4.02. The van der Waals surface area contributed by atoms with Crippen LogP contribution in [0.15, 0.2) is 47.4 Å². The number of carbonyl (C=O) groups is 1. The van der Waals surface area contributed by atoms with Crippen molar-refractivity contribution in [3.8, 4) is 5.75 Å². The molecule has 28 heavy (non-hydrogen) atoms. The Kier molecular flexibility index (Phi) is 6.27. The molecule has 0 aliphatic carbocycles. The Labute approximate surface area is 170 Å². The average molecular weight is 423 g/mol. The molecule has 0 bridgehead atoms. The fourth-order valence-corrected chi connectivity index (χ4v) is 4.85. The van der Waals surface area contributed by atoms with E-state index in [1.807, 2.05) is 0 Å². The Bertz CT molecular complexity index is 970. The van der Waals surface area contributed by atoms with E-state index in [4.69, 9.17) is 16.3 Å². The van der Waals surface area contributed by atoms with Gasteiger partial charge in [-0.3, -0.25) is 4.79 Å². The molecule has 1 aliphatic rings. The minimum atomic E-state index is -3.67. The van der Waals surface area contributed by atoms with Crippen LogP contribution in [0.1, 0.15) is 30.1 Å². The normalized spacial score (nSPS) is 16.0. The number of amides is 1. The van der Waals surface area contributed by atoms with Gasteiger partial charge in [-0.25, -0.2) is 8.42 Å². The van der Waals surface area contributed by atoms with Gasteiger partial charge in [0, 0.05) is 23.8 Å². The molecule has 1 heterocycles. The van der Waals surface area contributed by atoms with E-state index in [2.05, 4.69) is 12.2 Å². The molecular formula is C20H23ClN2O4S. The Hall–Kier alpha value is -2.09. The molecule has 0 radical (unpaired) electrons. The first kappa shape index (κ1) is 20.6. The first-order valence-electron chi connectivity index (χ1n) is 9.06. The molecule has 0 spiro atoms. The van der Waals surface area contributed by atoms with Gasteiger partial charge in [-0.15, -0.1) is 0 Å². The quantitative estimate of drug-likeness (QED) is 0.789. The van der Waals surface area contributed by atoms with Gasteiger partial charge in [0.1, 0.15) is 5.75 Å². The highest BCUT2D eigenvalue weighted by molar-refractivity contribution is 7.89. The second-order valence-electron chi connectivity index (χ2n) is 6.91. The maximum absolute atomic E-state index is 13.0. The maximum Gasteiger partial charge on any atom is 0.259 e. The number of carbonyl (C=O) groups excluding carboxylic acids is 1. The van der Waals surface area contributed by atoms with E-state index < -0.39 is 15.9 Å². The van der Waals surface area contributed by atoms with Crippen molar-refractivity contribution >= 4 is 33.2 Å². The lowest BCUT2D eigenvalue weighted by Gasteiger charge is -2.29. The molecule has 1 saturated heterocycles. The Morgan fingerprint density at radius 2 is 1.89 bits per heavy atom. The van der Waals surface area contributed by atoms with E-state index in [1.54, 1.807) is 24.3 Å². The molecule has 3 rings (SSSR count). The van der Waals surface area contributed by atoms with Crippen LogP contribution in [0.5, 0.6) is 5.75 Å². The number of sulfonamides is 1. The number of piperidine rings is 1. The number of rotatable bonds is 5. The van der Waals surface area contributed by atoms with Crippen molar-refractivity contribution in [3.63, 3.8) is 0 Å². The first-order valence-corrected chi connectivity index (χ1v) is 10.9. The van der Waals surface area contributed by atoms with Crippen LogP contribution in [-0.2, 0) is 10.0 Å². The summed E-state index contributed by atoms with van der Waals surface area (Å²) >= 11 is 5.95. The van der Waals surface area contributed by atoms with Crippen LogP contribution in [0.4, 0.5) is 5.69 Å². The van der Waals surface area contributed by atoms with Crippen molar-refractivity contribution in [2.45, 2.75) is 24.7 Å². The van der Waals surface area contributed by atoms with E-state index in [-0.39, 0.29) is 10.5 Å². The largest absolute Gasteiger partial charge is 0.496 e. The number of anilines is 1. The van der Waals surface area contributed by atoms with Crippen molar-refractivity contribution in [3.05, 3.63) is 53.1 Å². The lowest BCUT2D eigenvalue weighted by atomic mass is 10.0. The van der Waals surface area contributed by atoms with E-state index in [0.717, 1.165) is 12.8 Å². The summed E-state index contributed by atoms with van der Waals surface area (Å²) in [5.74, 6) is 0.343. The summed E-state index contributed by atoms with van der Waals surface area (Å²) in [5.41, 5.74) is 0.659. The molecule has 150 valence electrons. The van der Waals surface area contributed by atoms with Crippen LogP contribution in [-0.4, -0.2) is 38.8 Å². The molecule has 0 unspecified atom stereocenters. The lowest BCUT2D eigenvalue weighted by molar-refractivity contribution is 0.102. The molecular weight excluding hydrogens is 400 g/mol. The van der Waals surface area contributed by atoms with Crippen LogP contribution in [0.3, 0.4) is 0 Å². The van der Waals surface area contributed by atoms with Gasteiger partial charge in [0.2, 0.25) is 10.0 Å². The van der Waals surface area contributed by atoms with Crippen molar-refractivity contribution in [1.29, 1.82) is 0 Å². The molecule has 1 fully saturated rings. The van der Waals surface area contributed by atoms with Crippen molar-refractivity contribution in [1.82, 2.24) is 4.31 Å². The molecule has 0 atom stereocenters. The molecule has 1 N–H and O–H groups in total. The molecule has 0 aromatic heterocycles. The highest BCUT2D eigenvalue weighted by Crippen LogP contribution is 2.28. The van der Waals surface area contributed by atoms with E-state index in [9.17, 15) is 13.2 Å². The fraction of sp³-hybridized carbons (Fsp3) is 0.350. The van der Waals surface area contributed by atoms with Crippen LogP contribution in [0.2, 0.25) is 5.02 Å². The summed E-state index contributed by atoms with van der Waals surface area (Å²) in [7, 11) is -2.23. The molecule has 0 saturated carbocycles. The van der Waals surface area contributed by atoms with Crippen LogP contribution in [0, 0.1) is 5.92 Å². The number of nitrogens with zero attached hydrogens (tertiary/aromatic N) is 1. The van der Waals surface area contributed by atoms with Gasteiger partial charge < -0.3 is 10.1 Å². The zero-order valence-corrected chi connectivity index (χ0v) is 17.4. The number of hydrogen-bond donors (Lipinski definition) is 1. The molecule has 1 aliphatic heterocycles. The fourth-order valence-electron chi connectivity index (χ4n) is 3.16. The van der Waals surface area contributed by atoms with Gasteiger partial charge >= 0.3 is 0 Å². The summed E-state index contributed by atoms with van der Waals surface area (Å²) in [5, 5.41) is 3.21. The Morgan fingerprint density at radius 3 is 2.54 bits per heavy atom. The second kappa shape index (κ2) is 8.51. The Morgan fingerprint density at radius 1 is 1.18 bits per heavy atom. The number of hydrogen-bond acceptors (Lipinski definition) is 4. The van der Waals surface area contributed by atoms with Crippen molar-refractivity contribution in [2.75, 3.05) is 25.5 Å². The van der Waals surface area contributed by atoms with Gasteiger partial charge in [0.15, 0.2) is 0 Å². The number of halogens is 1. The summed E-state index contributed by atoms with van der Waals surface area (Å²) in [6.07, 6.45) is 1.66. The monoisotopic (exact) mass is 422 g/mol. The van der Waals surface area contributed by atoms with Crippen molar-refractivity contribution < 1.29 is 17.9 Å². The highest BCUT2D eigenvalue weighted by Gasteiger charge is 2.29. The van der Waals surface area contributed by atoms with Gasteiger partial charge in [-0.05, 0) is 55.2 Å². The lowest BCUT2D eigenvalue weighted by Crippen LogP contribution is -2.37. The summed E-state index contributed by atoms with van der Waals surface area (Å²) in [6, 6.07) is 11.1. The van der Waals surface area contributed by atoms with Gasteiger partial charge in [-0.1, -0.05) is 24.6 Å². The van der Waals surface area contributed by atoms with Crippen LogP contribution >= 0.6 is 11.6 Å². The highest BCUT2D eigenvalue weighted by atomic mass is 35.5. The summed E-state index contributed by atoms with van der Waals surface area (Å²) in [6.45, 7) is 3.09. The maximum atomic E-state index is 13.0. The van der Waals surface area contributed by atoms with E-state index in [1.165, 1.54) is 29.6 Å². The minimum Gasteiger partial charge on any atom is -0.496 e. The predicted molar refractivity (Wildman–Crippen MR) is 110 cm³/mol. The Balaban J connectivity index is 1.90. The van der Waals surface area contributed by atoms with Crippen molar-refractivity contribution in [2.24, 2.45) is 5.92 Å². The van der Waals surface area contributed by atoms with Gasteiger partial charge in [0.25, 0.3) is 5.91 Å². The summed E-state index contributed by atoms with van der Waals surface area (Å²) < 4.78 is 32.8. The second-order valence-corrected chi connectivity index (χ2v) is 9.29. The van der Waals surface area contributed by atoms with E-state index in [0.29, 0.717) is 35.5 Å². The molecule has 1 amide bonds. The number of ether oxygens (including phenoxy) is 1. The summed E-state index contributed by atoms with van der Waals surface area (Å²) in [4.78, 5) is 12.8. The average Bonchev–Trinajstić information content (AvgIpc) is 2.67. The number of benzene rings is 2. The first-order chi connectivity index (χ1) is 13.3.